The quantitative estimate of drug-likeness (QED) is 0.564. The number of aliphatic carboxylic acids is 1. The smallest absolute Gasteiger partial charge is 0.407 e. The highest BCUT2D eigenvalue weighted by Gasteiger charge is 2.60. The molecular formula is C28H32N2O5. The van der Waals surface area contributed by atoms with Crippen LogP contribution < -0.4 is 5.32 Å². The van der Waals surface area contributed by atoms with Gasteiger partial charge in [0.25, 0.3) is 0 Å². The summed E-state index contributed by atoms with van der Waals surface area (Å²) in [5.74, 6) is -0.927. The van der Waals surface area contributed by atoms with Crippen LogP contribution in [0.5, 0.6) is 0 Å². The number of amides is 2. The summed E-state index contributed by atoms with van der Waals surface area (Å²) >= 11 is 0. The molecule has 2 unspecified atom stereocenters. The van der Waals surface area contributed by atoms with E-state index in [1.807, 2.05) is 24.3 Å². The SMILES string of the molecule is CCCCC(CC(=O)N1C[C@@H]2C(C(=O)O)[C@@H]2C1)NC(=O)OCC1c2ccccc2-c2ccccc21. The molecule has 0 aromatic heterocycles. The summed E-state index contributed by atoms with van der Waals surface area (Å²) in [5.41, 5.74) is 4.67. The number of hydrogen-bond donors (Lipinski definition) is 2. The molecule has 1 saturated heterocycles. The second-order valence-electron chi connectivity index (χ2n) is 10.0. The van der Waals surface area contributed by atoms with Crippen LogP contribution >= 0.6 is 0 Å². The van der Waals surface area contributed by atoms with Gasteiger partial charge in [0.05, 0.1) is 5.92 Å². The average Bonchev–Trinajstić information content (AvgIpc) is 3.20. The van der Waals surface area contributed by atoms with E-state index in [9.17, 15) is 19.5 Å². The molecule has 0 bridgehead atoms. The molecule has 2 fully saturated rings. The predicted octanol–water partition coefficient (Wildman–Crippen LogP) is 4.26. The van der Waals surface area contributed by atoms with Gasteiger partial charge in [-0.15, -0.1) is 0 Å². The molecule has 2 N–H and O–H groups in total. The van der Waals surface area contributed by atoms with Gasteiger partial charge in [-0.05, 0) is 40.5 Å². The lowest BCUT2D eigenvalue weighted by molar-refractivity contribution is -0.141. The van der Waals surface area contributed by atoms with Crippen molar-refractivity contribution >= 4 is 18.0 Å². The van der Waals surface area contributed by atoms with Crippen molar-refractivity contribution in [3.63, 3.8) is 0 Å². The van der Waals surface area contributed by atoms with E-state index in [2.05, 4.69) is 36.5 Å². The Balaban J connectivity index is 1.17. The number of benzene rings is 2. The first kappa shape index (κ1) is 23.4. The number of rotatable bonds is 9. The molecule has 5 rings (SSSR count). The molecule has 2 aromatic carbocycles. The number of hydrogen-bond acceptors (Lipinski definition) is 4. The van der Waals surface area contributed by atoms with Crippen molar-refractivity contribution in [2.75, 3.05) is 19.7 Å². The molecule has 7 heteroatoms. The molecule has 2 aliphatic carbocycles. The first-order chi connectivity index (χ1) is 17.0. The van der Waals surface area contributed by atoms with Gasteiger partial charge in [0.1, 0.15) is 6.61 Å². The number of nitrogens with zero attached hydrogens (tertiary/aromatic N) is 1. The number of ether oxygens (including phenoxy) is 1. The number of nitrogens with one attached hydrogen (secondary N) is 1. The number of unbranched alkanes of at least 4 members (excludes halogenated alkanes) is 1. The van der Waals surface area contributed by atoms with Crippen LogP contribution in [-0.4, -0.2) is 53.7 Å². The zero-order valence-electron chi connectivity index (χ0n) is 20.0. The number of alkyl carbamates (subject to hydrolysis) is 1. The van der Waals surface area contributed by atoms with Gasteiger partial charge >= 0.3 is 12.1 Å². The van der Waals surface area contributed by atoms with E-state index >= 15 is 0 Å². The fourth-order valence-corrected chi connectivity index (χ4v) is 5.92. The van der Waals surface area contributed by atoms with Crippen LogP contribution in [-0.2, 0) is 14.3 Å². The number of carboxylic acid groups (broad SMARTS) is 1. The van der Waals surface area contributed by atoms with Crippen molar-refractivity contribution < 1.29 is 24.2 Å². The minimum Gasteiger partial charge on any atom is -0.481 e. The Bertz CT molecular complexity index is 1070. The van der Waals surface area contributed by atoms with Crippen LogP contribution in [0, 0.1) is 17.8 Å². The molecule has 3 aliphatic rings. The zero-order chi connectivity index (χ0) is 24.5. The summed E-state index contributed by atoms with van der Waals surface area (Å²) in [7, 11) is 0. The van der Waals surface area contributed by atoms with E-state index in [0.29, 0.717) is 19.5 Å². The number of fused-ring (bicyclic) bond motifs is 4. The van der Waals surface area contributed by atoms with E-state index in [1.165, 1.54) is 11.1 Å². The van der Waals surface area contributed by atoms with Gasteiger partial charge < -0.3 is 20.1 Å². The predicted molar refractivity (Wildman–Crippen MR) is 131 cm³/mol. The lowest BCUT2D eigenvalue weighted by atomic mass is 9.98. The second kappa shape index (κ2) is 9.72. The highest BCUT2D eigenvalue weighted by Crippen LogP contribution is 2.51. The Labute approximate surface area is 205 Å². The Morgan fingerprint density at radius 1 is 1.03 bits per heavy atom. The zero-order valence-corrected chi connectivity index (χ0v) is 20.0. The molecule has 2 aromatic rings. The molecule has 35 heavy (non-hydrogen) atoms. The summed E-state index contributed by atoms with van der Waals surface area (Å²) < 4.78 is 5.68. The highest BCUT2D eigenvalue weighted by molar-refractivity contribution is 5.81. The lowest BCUT2D eigenvalue weighted by Crippen LogP contribution is -2.41. The Morgan fingerprint density at radius 3 is 2.20 bits per heavy atom. The van der Waals surface area contributed by atoms with Crippen molar-refractivity contribution in [1.82, 2.24) is 10.2 Å². The largest absolute Gasteiger partial charge is 0.481 e. The number of carbonyl (C=O) groups excluding carboxylic acids is 2. The number of carboxylic acids is 1. The fourth-order valence-electron chi connectivity index (χ4n) is 5.92. The standard InChI is InChI=1S/C28H32N2O5/c1-2-3-8-17(13-25(31)30-14-22-23(15-30)26(22)27(32)33)29-28(34)35-16-24-20-11-6-4-9-18(20)19-10-5-7-12-21(19)24/h4-7,9-12,17,22-24,26H,2-3,8,13-16H2,1H3,(H,29,34)(H,32,33)/t17?,22-,23+,26?. The maximum atomic E-state index is 12.9. The molecule has 1 heterocycles. The van der Waals surface area contributed by atoms with Gasteiger partial charge in [-0.1, -0.05) is 68.3 Å². The molecule has 0 spiro atoms. The first-order valence-electron chi connectivity index (χ1n) is 12.6. The molecule has 0 radical (unpaired) electrons. The van der Waals surface area contributed by atoms with Gasteiger partial charge in [-0.3, -0.25) is 9.59 Å². The molecule has 7 nitrogen and oxygen atoms in total. The molecule has 1 saturated carbocycles. The molecule has 4 atom stereocenters. The maximum Gasteiger partial charge on any atom is 0.407 e. The monoisotopic (exact) mass is 476 g/mol. The maximum absolute atomic E-state index is 12.9. The molecule has 184 valence electrons. The fraction of sp³-hybridized carbons (Fsp3) is 0.464. The Kier molecular flexibility index (Phi) is 6.50. The highest BCUT2D eigenvalue weighted by atomic mass is 16.5. The van der Waals surface area contributed by atoms with Crippen LogP contribution in [0.2, 0.25) is 0 Å². The normalized spacial score (nSPS) is 22.7. The van der Waals surface area contributed by atoms with Crippen LogP contribution in [0.1, 0.15) is 49.7 Å². The van der Waals surface area contributed by atoms with Crippen molar-refractivity contribution in [1.29, 1.82) is 0 Å². The molecule has 2 amide bonds. The van der Waals surface area contributed by atoms with Crippen LogP contribution in [0.4, 0.5) is 4.79 Å². The summed E-state index contributed by atoms with van der Waals surface area (Å²) in [6.45, 7) is 3.32. The van der Waals surface area contributed by atoms with Gasteiger partial charge in [0.2, 0.25) is 5.91 Å². The second-order valence-corrected chi connectivity index (χ2v) is 10.0. The Morgan fingerprint density at radius 2 is 1.63 bits per heavy atom. The van der Waals surface area contributed by atoms with Crippen molar-refractivity contribution in [3.05, 3.63) is 59.7 Å². The average molecular weight is 477 g/mol. The van der Waals surface area contributed by atoms with Crippen molar-refractivity contribution in [2.45, 2.75) is 44.6 Å². The first-order valence-corrected chi connectivity index (χ1v) is 12.6. The van der Waals surface area contributed by atoms with E-state index in [4.69, 9.17) is 4.74 Å². The molecule has 1 aliphatic heterocycles. The van der Waals surface area contributed by atoms with E-state index in [-0.39, 0.29) is 48.6 Å². The van der Waals surface area contributed by atoms with Crippen molar-refractivity contribution in [2.24, 2.45) is 17.8 Å². The summed E-state index contributed by atoms with van der Waals surface area (Å²) in [4.78, 5) is 38.6. The topological polar surface area (TPSA) is 95.9 Å². The summed E-state index contributed by atoms with van der Waals surface area (Å²) in [5, 5.41) is 12.1. The minimum absolute atomic E-state index is 0.0117. The summed E-state index contributed by atoms with van der Waals surface area (Å²) in [6.07, 6.45) is 2.27. The number of carbonyl (C=O) groups is 3. The van der Waals surface area contributed by atoms with E-state index in [0.717, 1.165) is 24.0 Å². The lowest BCUT2D eigenvalue weighted by Gasteiger charge is -2.24. The van der Waals surface area contributed by atoms with Gasteiger partial charge in [0, 0.05) is 31.5 Å². The van der Waals surface area contributed by atoms with Crippen LogP contribution in [0.25, 0.3) is 11.1 Å². The summed E-state index contributed by atoms with van der Waals surface area (Å²) in [6, 6.07) is 16.1. The minimum atomic E-state index is -0.759. The van der Waals surface area contributed by atoms with Crippen LogP contribution in [0.3, 0.4) is 0 Å². The third-order valence-corrected chi connectivity index (χ3v) is 7.82. The van der Waals surface area contributed by atoms with Crippen molar-refractivity contribution in [3.8, 4) is 11.1 Å². The van der Waals surface area contributed by atoms with Gasteiger partial charge in [-0.2, -0.15) is 0 Å². The number of likely N-dealkylation sites (tertiary alicyclic amines) is 1. The third kappa shape index (κ3) is 4.64. The van der Waals surface area contributed by atoms with Gasteiger partial charge in [0.15, 0.2) is 0 Å². The van der Waals surface area contributed by atoms with E-state index in [1.54, 1.807) is 4.90 Å². The van der Waals surface area contributed by atoms with E-state index < -0.39 is 12.1 Å². The van der Waals surface area contributed by atoms with Crippen LogP contribution in [0.15, 0.2) is 48.5 Å². The Hall–Kier alpha value is -3.35. The third-order valence-electron chi connectivity index (χ3n) is 7.82. The molecular weight excluding hydrogens is 444 g/mol. The number of piperidine rings is 1. The van der Waals surface area contributed by atoms with Gasteiger partial charge in [-0.25, -0.2) is 4.79 Å².